The average Bonchev–Trinajstić information content (AvgIpc) is 3.28. The summed E-state index contributed by atoms with van der Waals surface area (Å²) < 4.78 is 24.1. The summed E-state index contributed by atoms with van der Waals surface area (Å²) in [6.45, 7) is 1.72. The summed E-state index contributed by atoms with van der Waals surface area (Å²) >= 11 is 1.50. The number of carbonyl (C=O) groups excluding carboxylic acids is 2. The van der Waals surface area contributed by atoms with Crippen LogP contribution in [0.2, 0.25) is 0 Å². The van der Waals surface area contributed by atoms with Gasteiger partial charge in [0.1, 0.15) is 17.3 Å². The Morgan fingerprint density at radius 2 is 1.93 bits per heavy atom. The molecule has 4 nitrogen and oxygen atoms in total. The average molecular weight is 380 g/mol. The molecule has 4 rings (SSSR count). The fourth-order valence-corrected chi connectivity index (χ4v) is 3.37. The van der Waals surface area contributed by atoms with Crippen LogP contribution in [0.25, 0.3) is 6.08 Å². The van der Waals surface area contributed by atoms with Gasteiger partial charge in [0, 0.05) is 16.5 Å². The molecule has 2 heterocycles. The van der Waals surface area contributed by atoms with E-state index in [0.29, 0.717) is 16.9 Å². The van der Waals surface area contributed by atoms with E-state index in [4.69, 9.17) is 9.47 Å². The van der Waals surface area contributed by atoms with Crippen molar-refractivity contribution in [2.45, 2.75) is 6.92 Å². The maximum absolute atomic E-state index is 13.0. The lowest BCUT2D eigenvalue weighted by molar-refractivity contribution is 0.0733. The van der Waals surface area contributed by atoms with Gasteiger partial charge in [-0.1, -0.05) is 6.07 Å². The maximum Gasteiger partial charge on any atom is 0.343 e. The monoisotopic (exact) mass is 380 g/mol. The molecule has 0 unspecified atom stereocenters. The number of halogens is 1. The number of ether oxygens (including phenoxy) is 2. The summed E-state index contributed by atoms with van der Waals surface area (Å²) in [5, 5.41) is 1.91. The third kappa shape index (κ3) is 3.27. The highest BCUT2D eigenvalue weighted by Gasteiger charge is 2.30. The summed E-state index contributed by atoms with van der Waals surface area (Å²) in [6, 6.07) is 12.0. The van der Waals surface area contributed by atoms with Crippen molar-refractivity contribution in [1.82, 2.24) is 0 Å². The summed E-state index contributed by atoms with van der Waals surface area (Å²) in [7, 11) is 0. The van der Waals surface area contributed by atoms with Crippen LogP contribution in [0.1, 0.15) is 31.2 Å². The normalized spacial score (nSPS) is 14.1. The van der Waals surface area contributed by atoms with Gasteiger partial charge < -0.3 is 9.47 Å². The van der Waals surface area contributed by atoms with Crippen LogP contribution < -0.4 is 9.47 Å². The number of hydrogen-bond acceptors (Lipinski definition) is 5. The largest absolute Gasteiger partial charge is 0.452 e. The lowest BCUT2D eigenvalue weighted by Gasteiger charge is -2.10. The van der Waals surface area contributed by atoms with E-state index in [1.165, 1.54) is 35.6 Å². The summed E-state index contributed by atoms with van der Waals surface area (Å²) in [5.41, 5.74) is 1.20. The Balaban J connectivity index is 1.61. The Hall–Kier alpha value is -3.25. The molecule has 0 N–H and O–H groups in total. The SMILES string of the molecule is Cc1c(OC(=O)c2ccc(F)cc2)ccc2c1O/C(=C\c1cccs1)C2=O. The predicted octanol–water partition coefficient (Wildman–Crippen LogP) is 5.03. The van der Waals surface area contributed by atoms with E-state index in [0.717, 1.165) is 4.88 Å². The third-order valence-corrected chi connectivity index (χ3v) is 4.96. The molecule has 0 saturated heterocycles. The van der Waals surface area contributed by atoms with E-state index in [9.17, 15) is 14.0 Å². The molecule has 0 radical (unpaired) electrons. The van der Waals surface area contributed by atoms with Crippen molar-refractivity contribution in [1.29, 1.82) is 0 Å². The highest BCUT2D eigenvalue weighted by atomic mass is 32.1. The van der Waals surface area contributed by atoms with Crippen molar-refractivity contribution >= 4 is 29.2 Å². The Bertz CT molecular complexity index is 1070. The van der Waals surface area contributed by atoms with Crippen molar-refractivity contribution in [3.8, 4) is 11.5 Å². The highest BCUT2D eigenvalue weighted by Crippen LogP contribution is 2.39. The maximum atomic E-state index is 13.0. The number of benzene rings is 2. The molecule has 6 heteroatoms. The van der Waals surface area contributed by atoms with E-state index >= 15 is 0 Å². The Morgan fingerprint density at radius 3 is 2.63 bits per heavy atom. The number of thiophene rings is 1. The lowest BCUT2D eigenvalue weighted by atomic mass is 10.1. The molecular weight excluding hydrogens is 367 g/mol. The van der Waals surface area contributed by atoms with Crippen LogP contribution in [0.4, 0.5) is 4.39 Å². The van der Waals surface area contributed by atoms with Gasteiger partial charge in [0.15, 0.2) is 5.76 Å². The first-order valence-electron chi connectivity index (χ1n) is 8.12. The summed E-state index contributed by atoms with van der Waals surface area (Å²) in [5.74, 6) is -0.357. The van der Waals surface area contributed by atoms with Gasteiger partial charge in [-0.25, -0.2) is 9.18 Å². The van der Waals surface area contributed by atoms with E-state index in [2.05, 4.69) is 0 Å². The molecule has 0 fully saturated rings. The number of allylic oxidation sites excluding steroid dienone is 1. The quantitative estimate of drug-likeness (QED) is 0.363. The zero-order valence-corrected chi connectivity index (χ0v) is 15.0. The van der Waals surface area contributed by atoms with Gasteiger partial charge in [0.25, 0.3) is 0 Å². The molecule has 2 aromatic carbocycles. The number of fused-ring (bicyclic) bond motifs is 1. The first-order chi connectivity index (χ1) is 13.0. The van der Waals surface area contributed by atoms with Crippen LogP contribution in [0.15, 0.2) is 59.7 Å². The molecule has 0 amide bonds. The van der Waals surface area contributed by atoms with Crippen LogP contribution in [0.3, 0.4) is 0 Å². The zero-order valence-electron chi connectivity index (χ0n) is 14.2. The number of carbonyl (C=O) groups is 2. The molecular formula is C21H13FO4S. The molecule has 0 bridgehead atoms. The second-order valence-electron chi connectivity index (χ2n) is 5.92. The first kappa shape index (κ1) is 17.2. The molecule has 0 spiro atoms. The second-order valence-corrected chi connectivity index (χ2v) is 6.90. The van der Waals surface area contributed by atoms with Crippen LogP contribution >= 0.6 is 11.3 Å². The molecule has 134 valence electrons. The number of rotatable bonds is 3. The molecule has 0 aliphatic carbocycles. The zero-order chi connectivity index (χ0) is 19.0. The Morgan fingerprint density at radius 1 is 1.15 bits per heavy atom. The van der Waals surface area contributed by atoms with Gasteiger partial charge in [-0.2, -0.15) is 0 Å². The van der Waals surface area contributed by atoms with Crippen LogP contribution in [-0.2, 0) is 0 Å². The Labute approximate surface area is 158 Å². The summed E-state index contributed by atoms with van der Waals surface area (Å²) in [6.07, 6.45) is 1.69. The smallest absolute Gasteiger partial charge is 0.343 e. The fourth-order valence-electron chi connectivity index (χ4n) is 2.73. The predicted molar refractivity (Wildman–Crippen MR) is 99.8 cm³/mol. The first-order valence-corrected chi connectivity index (χ1v) is 9.00. The molecule has 1 aromatic heterocycles. The minimum absolute atomic E-state index is 0.210. The van der Waals surface area contributed by atoms with E-state index < -0.39 is 11.8 Å². The summed E-state index contributed by atoms with van der Waals surface area (Å²) in [4.78, 5) is 25.7. The van der Waals surface area contributed by atoms with Gasteiger partial charge in [0.2, 0.25) is 5.78 Å². The molecule has 1 aliphatic rings. The van der Waals surface area contributed by atoms with Crippen molar-refractivity contribution in [2.24, 2.45) is 0 Å². The van der Waals surface area contributed by atoms with Crippen molar-refractivity contribution in [3.63, 3.8) is 0 Å². The van der Waals surface area contributed by atoms with Gasteiger partial charge in [0.05, 0.1) is 11.1 Å². The molecule has 0 saturated carbocycles. The highest BCUT2D eigenvalue weighted by molar-refractivity contribution is 7.10. The minimum Gasteiger partial charge on any atom is -0.452 e. The van der Waals surface area contributed by atoms with Crippen molar-refractivity contribution < 1.29 is 23.5 Å². The topological polar surface area (TPSA) is 52.6 Å². The standard InChI is InChI=1S/C21H13FO4S/c1-12-17(26-21(24)13-4-6-14(22)7-5-13)9-8-16-19(23)18(25-20(12)16)11-15-3-2-10-27-15/h2-11H,1H3/b18-11-. The van der Waals surface area contributed by atoms with E-state index in [-0.39, 0.29) is 22.9 Å². The molecule has 27 heavy (non-hydrogen) atoms. The third-order valence-electron chi connectivity index (χ3n) is 4.14. The van der Waals surface area contributed by atoms with Crippen LogP contribution in [-0.4, -0.2) is 11.8 Å². The Kier molecular flexibility index (Phi) is 4.33. The van der Waals surface area contributed by atoms with Crippen molar-refractivity contribution in [3.05, 3.63) is 87.1 Å². The number of hydrogen-bond donors (Lipinski definition) is 0. The van der Waals surface area contributed by atoms with E-state index in [1.54, 1.807) is 25.1 Å². The molecule has 0 atom stereocenters. The van der Waals surface area contributed by atoms with Gasteiger partial charge in [-0.05, 0) is 54.8 Å². The van der Waals surface area contributed by atoms with Crippen LogP contribution in [0, 0.1) is 12.7 Å². The minimum atomic E-state index is -0.614. The van der Waals surface area contributed by atoms with Crippen molar-refractivity contribution in [2.75, 3.05) is 0 Å². The van der Waals surface area contributed by atoms with E-state index in [1.807, 2.05) is 17.5 Å². The lowest BCUT2D eigenvalue weighted by Crippen LogP contribution is -2.09. The molecule has 3 aromatic rings. The number of esters is 1. The van der Waals surface area contributed by atoms with Gasteiger partial charge in [-0.15, -0.1) is 11.3 Å². The molecule has 1 aliphatic heterocycles. The number of Topliss-reactive ketones (excluding diaryl/α,β-unsaturated/α-hetero) is 1. The second kappa shape index (κ2) is 6.81. The van der Waals surface area contributed by atoms with Gasteiger partial charge in [-0.3, -0.25) is 4.79 Å². The number of ketones is 1. The fraction of sp³-hybridized carbons (Fsp3) is 0.0476. The van der Waals surface area contributed by atoms with Crippen LogP contribution in [0.5, 0.6) is 11.5 Å². The van der Waals surface area contributed by atoms with Gasteiger partial charge >= 0.3 is 5.97 Å².